The summed E-state index contributed by atoms with van der Waals surface area (Å²) in [6, 6.07) is -0.504. The Morgan fingerprint density at radius 3 is 2.50 bits per heavy atom. The van der Waals surface area contributed by atoms with Crippen LogP contribution in [0.4, 0.5) is 0 Å². The molecular formula is C13H23N3O2. The van der Waals surface area contributed by atoms with E-state index in [0.717, 1.165) is 23.4 Å². The molecule has 0 aliphatic heterocycles. The second-order valence-electron chi connectivity index (χ2n) is 4.78. The third kappa shape index (κ3) is 3.10. The van der Waals surface area contributed by atoms with Gasteiger partial charge >= 0.3 is 5.97 Å². The first-order valence-corrected chi connectivity index (χ1v) is 6.37. The number of rotatable bonds is 6. The van der Waals surface area contributed by atoms with E-state index in [9.17, 15) is 4.79 Å². The van der Waals surface area contributed by atoms with Gasteiger partial charge < -0.3 is 5.11 Å². The van der Waals surface area contributed by atoms with Gasteiger partial charge in [-0.05, 0) is 27.2 Å². The molecule has 102 valence electrons. The maximum absolute atomic E-state index is 11.1. The largest absolute Gasteiger partial charge is 0.480 e. The maximum atomic E-state index is 11.1. The van der Waals surface area contributed by atoms with Crippen molar-refractivity contribution < 1.29 is 9.90 Å². The maximum Gasteiger partial charge on any atom is 0.320 e. The number of hydrogen-bond donors (Lipinski definition) is 2. The van der Waals surface area contributed by atoms with E-state index >= 15 is 0 Å². The van der Waals surface area contributed by atoms with Crippen molar-refractivity contribution in [3.8, 4) is 0 Å². The van der Waals surface area contributed by atoms with Gasteiger partial charge in [-0.15, -0.1) is 0 Å². The second-order valence-corrected chi connectivity index (χ2v) is 4.78. The second kappa shape index (κ2) is 6.00. The molecule has 1 aromatic rings. The van der Waals surface area contributed by atoms with Crippen LogP contribution < -0.4 is 5.32 Å². The molecule has 5 heteroatoms. The number of hydrogen-bond acceptors (Lipinski definition) is 3. The number of carboxylic acids is 1. The quantitative estimate of drug-likeness (QED) is 0.813. The van der Waals surface area contributed by atoms with Gasteiger partial charge in [0, 0.05) is 24.3 Å². The van der Waals surface area contributed by atoms with Gasteiger partial charge in [0.25, 0.3) is 0 Å². The Hall–Kier alpha value is -1.36. The van der Waals surface area contributed by atoms with Crippen molar-refractivity contribution in [3.05, 3.63) is 17.0 Å². The molecule has 2 atom stereocenters. The van der Waals surface area contributed by atoms with Crippen molar-refractivity contribution in [2.75, 3.05) is 0 Å². The molecule has 0 radical (unpaired) electrons. The van der Waals surface area contributed by atoms with E-state index in [1.54, 1.807) is 0 Å². The number of nitrogens with zero attached hydrogens (tertiary/aromatic N) is 2. The van der Waals surface area contributed by atoms with Gasteiger partial charge in [-0.1, -0.05) is 13.3 Å². The summed E-state index contributed by atoms with van der Waals surface area (Å²) in [7, 11) is 1.90. The zero-order valence-electron chi connectivity index (χ0n) is 11.8. The van der Waals surface area contributed by atoms with E-state index in [4.69, 9.17) is 5.11 Å². The highest BCUT2D eigenvalue weighted by Gasteiger charge is 2.22. The zero-order chi connectivity index (χ0) is 13.9. The molecule has 0 saturated heterocycles. The van der Waals surface area contributed by atoms with Crippen molar-refractivity contribution in [1.29, 1.82) is 0 Å². The fourth-order valence-corrected chi connectivity index (χ4v) is 2.37. The smallest absolute Gasteiger partial charge is 0.320 e. The monoisotopic (exact) mass is 253 g/mol. The normalized spacial score (nSPS) is 14.5. The van der Waals surface area contributed by atoms with Crippen LogP contribution >= 0.6 is 0 Å². The number of nitrogens with one attached hydrogen (secondary N) is 1. The van der Waals surface area contributed by atoms with E-state index in [-0.39, 0.29) is 6.04 Å². The third-order valence-corrected chi connectivity index (χ3v) is 3.32. The number of aliphatic carboxylic acids is 1. The Morgan fingerprint density at radius 2 is 2.11 bits per heavy atom. The highest BCUT2D eigenvalue weighted by Crippen LogP contribution is 2.21. The SMILES string of the molecule is CCCC(NC(C)c1c(C)nn(C)c1C)C(=O)O. The standard InChI is InChI=1S/C13H23N3O2/c1-6-7-11(13(17)18)14-8(2)12-9(3)15-16(5)10(12)4/h8,11,14H,6-7H2,1-5H3,(H,17,18). The van der Waals surface area contributed by atoms with Gasteiger partial charge in [-0.25, -0.2) is 0 Å². The number of carboxylic acid groups (broad SMARTS) is 1. The first-order valence-electron chi connectivity index (χ1n) is 6.37. The van der Waals surface area contributed by atoms with Crippen LogP contribution in [0.5, 0.6) is 0 Å². The minimum Gasteiger partial charge on any atom is -0.480 e. The molecule has 1 heterocycles. The average molecular weight is 253 g/mol. The molecule has 0 fully saturated rings. The van der Waals surface area contributed by atoms with Gasteiger partial charge in [-0.2, -0.15) is 5.10 Å². The molecule has 0 amide bonds. The predicted molar refractivity (Wildman–Crippen MR) is 70.6 cm³/mol. The third-order valence-electron chi connectivity index (χ3n) is 3.32. The number of aryl methyl sites for hydroxylation is 2. The Balaban J connectivity index is 2.86. The Bertz CT molecular complexity index is 426. The van der Waals surface area contributed by atoms with Gasteiger partial charge in [-0.3, -0.25) is 14.8 Å². The van der Waals surface area contributed by atoms with Gasteiger partial charge in [0.2, 0.25) is 0 Å². The highest BCUT2D eigenvalue weighted by molar-refractivity contribution is 5.73. The van der Waals surface area contributed by atoms with E-state index in [1.165, 1.54) is 0 Å². The molecule has 2 N–H and O–H groups in total. The lowest BCUT2D eigenvalue weighted by molar-refractivity contribution is -0.139. The van der Waals surface area contributed by atoms with Gasteiger partial charge in [0.1, 0.15) is 6.04 Å². The van der Waals surface area contributed by atoms with Crippen molar-refractivity contribution in [2.24, 2.45) is 7.05 Å². The average Bonchev–Trinajstić information content (AvgIpc) is 2.52. The predicted octanol–water partition coefficient (Wildman–Crippen LogP) is 1.94. The molecular weight excluding hydrogens is 230 g/mol. The van der Waals surface area contributed by atoms with Gasteiger partial charge in [0.15, 0.2) is 0 Å². The van der Waals surface area contributed by atoms with Crippen molar-refractivity contribution in [3.63, 3.8) is 0 Å². The van der Waals surface area contributed by atoms with Crippen LogP contribution in [0.2, 0.25) is 0 Å². The fourth-order valence-electron chi connectivity index (χ4n) is 2.37. The van der Waals surface area contributed by atoms with Crippen LogP contribution in [-0.4, -0.2) is 26.9 Å². The molecule has 0 aliphatic rings. The molecule has 0 aromatic carbocycles. The summed E-state index contributed by atoms with van der Waals surface area (Å²) in [4.78, 5) is 11.1. The van der Waals surface area contributed by atoms with E-state index < -0.39 is 12.0 Å². The summed E-state index contributed by atoms with van der Waals surface area (Å²) < 4.78 is 1.83. The van der Waals surface area contributed by atoms with E-state index in [1.807, 2.05) is 39.4 Å². The summed E-state index contributed by atoms with van der Waals surface area (Å²) >= 11 is 0. The molecule has 0 spiro atoms. The Kier molecular flexibility index (Phi) is 4.90. The molecule has 18 heavy (non-hydrogen) atoms. The first kappa shape index (κ1) is 14.7. The summed E-state index contributed by atoms with van der Waals surface area (Å²) in [5.41, 5.74) is 3.13. The molecule has 2 unspecified atom stereocenters. The summed E-state index contributed by atoms with van der Waals surface area (Å²) in [6.07, 6.45) is 1.49. The summed E-state index contributed by atoms with van der Waals surface area (Å²) in [6.45, 7) is 7.94. The van der Waals surface area contributed by atoms with Crippen LogP contribution in [0, 0.1) is 13.8 Å². The molecule has 1 rings (SSSR count). The lowest BCUT2D eigenvalue weighted by Gasteiger charge is -2.20. The van der Waals surface area contributed by atoms with Crippen LogP contribution in [-0.2, 0) is 11.8 Å². The van der Waals surface area contributed by atoms with Crippen molar-refractivity contribution in [2.45, 2.75) is 52.6 Å². The lowest BCUT2D eigenvalue weighted by atomic mass is 10.0. The number of carbonyl (C=O) groups is 1. The van der Waals surface area contributed by atoms with Crippen LogP contribution in [0.1, 0.15) is 49.7 Å². The fraction of sp³-hybridized carbons (Fsp3) is 0.692. The molecule has 0 saturated carbocycles. The molecule has 1 aromatic heterocycles. The minimum atomic E-state index is -0.789. The van der Waals surface area contributed by atoms with Crippen molar-refractivity contribution in [1.82, 2.24) is 15.1 Å². The molecule has 0 aliphatic carbocycles. The Morgan fingerprint density at radius 1 is 1.50 bits per heavy atom. The van der Waals surface area contributed by atoms with Crippen LogP contribution in [0.15, 0.2) is 0 Å². The summed E-state index contributed by atoms with van der Waals surface area (Å²) in [5.74, 6) is -0.789. The van der Waals surface area contributed by atoms with Crippen LogP contribution in [0.25, 0.3) is 0 Å². The minimum absolute atomic E-state index is 0.00801. The van der Waals surface area contributed by atoms with Crippen molar-refractivity contribution >= 4 is 5.97 Å². The molecule has 0 bridgehead atoms. The lowest BCUT2D eigenvalue weighted by Crippen LogP contribution is -2.38. The summed E-state index contributed by atoms with van der Waals surface area (Å²) in [5, 5.41) is 16.7. The number of aromatic nitrogens is 2. The van der Waals surface area contributed by atoms with Crippen LogP contribution in [0.3, 0.4) is 0 Å². The van der Waals surface area contributed by atoms with E-state index in [0.29, 0.717) is 6.42 Å². The highest BCUT2D eigenvalue weighted by atomic mass is 16.4. The van der Waals surface area contributed by atoms with E-state index in [2.05, 4.69) is 10.4 Å². The molecule has 5 nitrogen and oxygen atoms in total. The Labute approximate surface area is 108 Å². The topological polar surface area (TPSA) is 67.2 Å². The van der Waals surface area contributed by atoms with Gasteiger partial charge in [0.05, 0.1) is 5.69 Å². The first-order chi connectivity index (χ1) is 8.38. The zero-order valence-corrected chi connectivity index (χ0v) is 11.8.